The summed E-state index contributed by atoms with van der Waals surface area (Å²) in [6, 6.07) is 10.3. The fourth-order valence-corrected chi connectivity index (χ4v) is 4.11. The summed E-state index contributed by atoms with van der Waals surface area (Å²) in [6.07, 6.45) is 0.907. The molecule has 6 nitrogen and oxygen atoms in total. The van der Waals surface area contributed by atoms with E-state index >= 15 is 0 Å². The van der Waals surface area contributed by atoms with Gasteiger partial charge in [-0.15, -0.1) is 0 Å². The van der Waals surface area contributed by atoms with Gasteiger partial charge in [-0.25, -0.2) is 0 Å². The zero-order valence-corrected chi connectivity index (χ0v) is 15.5. The van der Waals surface area contributed by atoms with Crippen molar-refractivity contribution in [1.82, 2.24) is 4.57 Å². The van der Waals surface area contributed by atoms with Crippen LogP contribution < -0.4 is 24.4 Å². The number of hydrogen-bond donors (Lipinski definition) is 0. The first kappa shape index (κ1) is 16.1. The number of pyridine rings is 1. The van der Waals surface area contributed by atoms with Gasteiger partial charge < -0.3 is 23.5 Å². The van der Waals surface area contributed by atoms with Crippen LogP contribution in [-0.2, 0) is 13.0 Å². The van der Waals surface area contributed by atoms with Crippen LogP contribution in [0.15, 0.2) is 35.3 Å². The molecule has 0 radical (unpaired) electrons. The normalized spacial score (nSPS) is 14.9. The maximum atomic E-state index is 5.68. The third-order valence-corrected chi connectivity index (χ3v) is 5.33. The lowest BCUT2D eigenvalue weighted by Crippen LogP contribution is -2.27. The first-order valence-electron chi connectivity index (χ1n) is 8.89. The van der Waals surface area contributed by atoms with E-state index in [4.69, 9.17) is 18.9 Å². The summed E-state index contributed by atoms with van der Waals surface area (Å²) in [7, 11) is 5.13. The number of aryl methyl sites for hydroxylation is 1. The van der Waals surface area contributed by atoms with Crippen molar-refractivity contribution >= 4 is 10.8 Å². The molecule has 5 rings (SSSR count). The molecule has 0 saturated heterocycles. The zero-order chi connectivity index (χ0) is 18.5. The van der Waals surface area contributed by atoms with Gasteiger partial charge in [-0.05, 0) is 41.6 Å². The van der Waals surface area contributed by atoms with E-state index in [1.165, 1.54) is 5.56 Å². The molecule has 0 unspecified atom stereocenters. The fourth-order valence-electron chi connectivity index (χ4n) is 4.11. The number of benzene rings is 2. The highest BCUT2D eigenvalue weighted by Gasteiger charge is 2.24. The Morgan fingerprint density at radius 1 is 1.04 bits per heavy atom. The van der Waals surface area contributed by atoms with Crippen LogP contribution in [0.2, 0.25) is 0 Å². The van der Waals surface area contributed by atoms with E-state index in [9.17, 15) is 0 Å². The minimum Gasteiger partial charge on any atom is -0.493 e. The summed E-state index contributed by atoms with van der Waals surface area (Å²) in [4.78, 5) is 4.61. The molecule has 3 aromatic rings. The Balaban J connectivity index is 1.86. The van der Waals surface area contributed by atoms with Gasteiger partial charge in [0.2, 0.25) is 6.79 Å². The van der Waals surface area contributed by atoms with Gasteiger partial charge in [0, 0.05) is 19.2 Å². The Labute approximate surface area is 156 Å². The first-order valence-corrected chi connectivity index (χ1v) is 8.89. The Hall–Kier alpha value is -3.15. The average Bonchev–Trinajstić information content (AvgIpc) is 3.16. The number of nitrogens with zero attached hydrogens (tertiary/aromatic N) is 2. The second kappa shape index (κ2) is 5.94. The van der Waals surface area contributed by atoms with Gasteiger partial charge in [-0.1, -0.05) is 6.07 Å². The molecule has 0 fully saturated rings. The molecule has 3 heterocycles. The molecule has 0 aliphatic carbocycles. The van der Waals surface area contributed by atoms with Crippen molar-refractivity contribution in [2.24, 2.45) is 4.99 Å². The highest BCUT2D eigenvalue weighted by atomic mass is 16.7. The summed E-state index contributed by atoms with van der Waals surface area (Å²) in [5.41, 5.74) is 4.43. The monoisotopic (exact) mass is 364 g/mol. The van der Waals surface area contributed by atoms with Crippen LogP contribution in [0.1, 0.15) is 5.56 Å². The van der Waals surface area contributed by atoms with Gasteiger partial charge in [-0.2, -0.15) is 0 Å². The van der Waals surface area contributed by atoms with Crippen LogP contribution in [0.25, 0.3) is 22.0 Å². The largest absolute Gasteiger partial charge is 0.493 e. The minimum absolute atomic E-state index is 0.280. The molecule has 0 saturated carbocycles. The zero-order valence-electron chi connectivity index (χ0n) is 15.5. The van der Waals surface area contributed by atoms with E-state index in [1.54, 1.807) is 14.2 Å². The van der Waals surface area contributed by atoms with E-state index in [1.807, 2.05) is 19.2 Å². The van der Waals surface area contributed by atoms with E-state index in [-0.39, 0.29) is 6.79 Å². The van der Waals surface area contributed by atoms with E-state index in [2.05, 4.69) is 27.8 Å². The lowest BCUT2D eigenvalue weighted by atomic mass is 9.95. The predicted molar refractivity (Wildman–Crippen MR) is 102 cm³/mol. The van der Waals surface area contributed by atoms with Crippen molar-refractivity contribution in [3.8, 4) is 34.3 Å². The molecule has 2 aromatic carbocycles. The molecule has 6 heteroatoms. The van der Waals surface area contributed by atoms with Gasteiger partial charge in [0.15, 0.2) is 23.0 Å². The lowest BCUT2D eigenvalue weighted by Gasteiger charge is -2.25. The quantitative estimate of drug-likeness (QED) is 0.701. The van der Waals surface area contributed by atoms with Crippen molar-refractivity contribution in [2.75, 3.05) is 28.1 Å². The summed E-state index contributed by atoms with van der Waals surface area (Å²) in [5.74, 6) is 3.04. The standard InChI is InChI=1S/C21H20N2O4/c1-22-21-19-13(4-5-16(24-2)20(19)25-3)8-15-14-10-18-17(26-11-27-18)9-12(14)6-7-23(15)21/h4-5,8-10H,6-7,11H2,1-3H3. The SMILES string of the molecule is CN=c1c2c(OC)c(OC)ccc2cc2n1CCc1cc3c(cc1-2)OCO3. The van der Waals surface area contributed by atoms with Gasteiger partial charge >= 0.3 is 0 Å². The predicted octanol–water partition coefficient (Wildman–Crippen LogP) is 3.14. The number of methoxy groups -OCH3 is 2. The molecule has 1 aromatic heterocycles. The number of rotatable bonds is 2. The number of ether oxygens (including phenoxy) is 4. The van der Waals surface area contributed by atoms with Crippen LogP contribution in [0.4, 0.5) is 0 Å². The van der Waals surface area contributed by atoms with Gasteiger partial charge in [0.1, 0.15) is 5.49 Å². The molecule has 27 heavy (non-hydrogen) atoms. The maximum absolute atomic E-state index is 5.68. The summed E-state index contributed by atoms with van der Waals surface area (Å²) in [5, 5.41) is 2.03. The number of fused-ring (bicyclic) bond motifs is 5. The highest BCUT2D eigenvalue weighted by molar-refractivity contribution is 5.93. The molecule has 138 valence electrons. The second-order valence-electron chi connectivity index (χ2n) is 6.61. The van der Waals surface area contributed by atoms with Crippen molar-refractivity contribution in [3.05, 3.63) is 41.4 Å². The summed E-state index contributed by atoms with van der Waals surface area (Å²) < 4.78 is 24.6. The van der Waals surface area contributed by atoms with E-state index in [0.29, 0.717) is 11.5 Å². The average molecular weight is 364 g/mol. The van der Waals surface area contributed by atoms with Crippen LogP contribution in [0.3, 0.4) is 0 Å². The molecule has 0 atom stereocenters. The Bertz CT molecular complexity index is 1150. The van der Waals surface area contributed by atoms with Crippen LogP contribution in [0, 0.1) is 0 Å². The van der Waals surface area contributed by atoms with Gasteiger partial charge in [0.05, 0.1) is 25.3 Å². The van der Waals surface area contributed by atoms with E-state index < -0.39 is 0 Å². The van der Waals surface area contributed by atoms with Crippen LogP contribution in [-0.4, -0.2) is 32.6 Å². The molecule has 0 N–H and O–H groups in total. The molecule has 2 aliphatic rings. The van der Waals surface area contributed by atoms with Gasteiger partial charge in [0.25, 0.3) is 0 Å². The number of aromatic nitrogens is 1. The summed E-state index contributed by atoms with van der Waals surface area (Å²) >= 11 is 0. The van der Waals surface area contributed by atoms with Crippen molar-refractivity contribution in [1.29, 1.82) is 0 Å². The minimum atomic E-state index is 0.280. The van der Waals surface area contributed by atoms with E-state index in [0.717, 1.165) is 52.0 Å². The van der Waals surface area contributed by atoms with Crippen molar-refractivity contribution in [2.45, 2.75) is 13.0 Å². The van der Waals surface area contributed by atoms with Crippen molar-refractivity contribution < 1.29 is 18.9 Å². The fraction of sp³-hybridized carbons (Fsp3) is 0.286. The molecular formula is C21H20N2O4. The Morgan fingerprint density at radius 3 is 2.59 bits per heavy atom. The number of hydrogen-bond acceptors (Lipinski definition) is 5. The third kappa shape index (κ3) is 2.22. The molecule has 0 bridgehead atoms. The topological polar surface area (TPSA) is 54.2 Å². The first-order chi connectivity index (χ1) is 13.2. The second-order valence-corrected chi connectivity index (χ2v) is 6.61. The molecule has 0 spiro atoms. The van der Waals surface area contributed by atoms with Crippen LogP contribution >= 0.6 is 0 Å². The molecular weight excluding hydrogens is 344 g/mol. The summed E-state index contributed by atoms with van der Waals surface area (Å²) in [6.45, 7) is 1.12. The smallest absolute Gasteiger partial charge is 0.231 e. The third-order valence-electron chi connectivity index (χ3n) is 5.33. The molecule has 2 aliphatic heterocycles. The Morgan fingerprint density at radius 2 is 1.85 bits per heavy atom. The Kier molecular flexibility index (Phi) is 3.53. The maximum Gasteiger partial charge on any atom is 0.231 e. The van der Waals surface area contributed by atoms with Crippen LogP contribution in [0.5, 0.6) is 23.0 Å². The lowest BCUT2D eigenvalue weighted by molar-refractivity contribution is 0.174. The van der Waals surface area contributed by atoms with Gasteiger partial charge in [-0.3, -0.25) is 4.99 Å². The molecule has 0 amide bonds. The van der Waals surface area contributed by atoms with Crippen molar-refractivity contribution in [3.63, 3.8) is 0 Å². The highest BCUT2D eigenvalue weighted by Crippen LogP contribution is 2.42.